The third-order valence-corrected chi connectivity index (χ3v) is 0. The van der Waals surface area contributed by atoms with Crippen molar-refractivity contribution in [1.82, 2.24) is 0 Å². The van der Waals surface area contributed by atoms with Crippen LogP contribution in [0.2, 0.25) is 0 Å². The van der Waals surface area contributed by atoms with E-state index >= 15 is 0 Å². The van der Waals surface area contributed by atoms with E-state index in [0.29, 0.717) is 0 Å². The van der Waals surface area contributed by atoms with Gasteiger partial charge in [-0.1, -0.05) is 11.2 Å². The smallest absolute Gasteiger partial charge is 0.652 e. The summed E-state index contributed by atoms with van der Waals surface area (Å²) in [5.74, 6) is 0. The average Bonchev–Trinajstić information content (AvgIpc) is 1.25. The first-order chi connectivity index (χ1) is 3.46. The topological polar surface area (TPSA) is 86.2 Å². The molecule has 0 aromatic heterocycles. The molecule has 0 radical (unpaired) electrons. The minimum Gasteiger partial charge on any atom is -0.652 e. The Morgan fingerprint density at radius 2 is 1.20 bits per heavy atom. The molecule has 0 heterocycles. The molecule has 0 saturated heterocycles. The van der Waals surface area contributed by atoms with Gasteiger partial charge < -0.3 is 19.6 Å². The van der Waals surface area contributed by atoms with Gasteiger partial charge in [-0.25, -0.2) is 0 Å². The van der Waals surface area contributed by atoms with Crippen molar-refractivity contribution in [3.63, 3.8) is 0 Å². The molecule has 0 atom stereocenters. The van der Waals surface area contributed by atoms with Crippen molar-refractivity contribution in [3.05, 3.63) is 0 Å². The standard InChI is InChI=1S/C2H6OS.CH2O3.2Na/c1-4(2)3;2-1(3)4;;/h1-2H3;(H2,2,3,4);;/q;;2*+1/p-2. The molecule has 0 saturated carbocycles. The van der Waals surface area contributed by atoms with E-state index in [1.54, 1.807) is 12.5 Å². The molecule has 4 nitrogen and oxygen atoms in total. The summed E-state index contributed by atoms with van der Waals surface area (Å²) in [5.41, 5.74) is 0. The van der Waals surface area contributed by atoms with Gasteiger partial charge in [0, 0.05) is 0 Å². The molecular formula is C3H6Na2O4S. The van der Waals surface area contributed by atoms with E-state index in [0.717, 1.165) is 0 Å². The van der Waals surface area contributed by atoms with Crippen molar-refractivity contribution >= 4 is 17.3 Å². The van der Waals surface area contributed by atoms with Crippen molar-refractivity contribution in [1.29, 1.82) is 0 Å². The normalized spacial score (nSPS) is 6.00. The Bertz CT molecular complexity index is 62.8. The molecule has 0 bridgehead atoms. The Labute approximate surface area is 107 Å². The molecule has 0 N–H and O–H groups in total. The van der Waals surface area contributed by atoms with Crippen LogP contribution in [-0.4, -0.2) is 23.2 Å². The molecule has 0 aliphatic rings. The van der Waals surface area contributed by atoms with E-state index < -0.39 is 17.3 Å². The monoisotopic (exact) mass is 184 g/mol. The molecule has 50 valence electrons. The number of hydrogen-bond donors (Lipinski definition) is 0. The van der Waals surface area contributed by atoms with Gasteiger partial charge in [0.15, 0.2) is 0 Å². The molecule has 7 heteroatoms. The Kier molecular flexibility index (Phi) is 38.1. The molecule has 0 rings (SSSR count). The molecule has 0 aliphatic heterocycles. The van der Waals surface area contributed by atoms with Crippen LogP contribution in [0.4, 0.5) is 4.79 Å². The Hall–Kier alpha value is 1.58. The van der Waals surface area contributed by atoms with Crippen molar-refractivity contribution in [2.75, 3.05) is 12.5 Å². The van der Waals surface area contributed by atoms with Gasteiger partial charge in [0.2, 0.25) is 0 Å². The minimum atomic E-state index is -2.33. The quantitative estimate of drug-likeness (QED) is 0.276. The second-order valence-electron chi connectivity index (χ2n) is 0.992. The van der Waals surface area contributed by atoms with Crippen LogP contribution >= 0.6 is 0 Å². The van der Waals surface area contributed by atoms with Gasteiger partial charge in [-0.2, -0.15) is 0 Å². The van der Waals surface area contributed by atoms with E-state index in [1.165, 1.54) is 0 Å². The fraction of sp³-hybridized carbons (Fsp3) is 0.667. The molecular weight excluding hydrogens is 178 g/mol. The zero-order valence-electron chi connectivity index (χ0n) is 6.54. The first-order valence-corrected chi connectivity index (χ1v) is 3.56. The second kappa shape index (κ2) is 16.9. The molecule has 0 aromatic rings. The van der Waals surface area contributed by atoms with Gasteiger partial charge in [-0.15, -0.1) is 0 Å². The minimum absolute atomic E-state index is 0. The van der Waals surface area contributed by atoms with Gasteiger partial charge in [-0.3, -0.25) is 0 Å². The zero-order valence-corrected chi connectivity index (χ0v) is 11.4. The predicted molar refractivity (Wildman–Crippen MR) is 25.4 cm³/mol. The summed E-state index contributed by atoms with van der Waals surface area (Å²) in [5, 5.41) is 16.7. The largest absolute Gasteiger partial charge is 1.00 e. The molecule has 0 fully saturated rings. The van der Waals surface area contributed by atoms with E-state index in [-0.39, 0.29) is 59.1 Å². The summed E-state index contributed by atoms with van der Waals surface area (Å²) in [6.45, 7) is 0. The maximum absolute atomic E-state index is 9.56. The summed E-state index contributed by atoms with van der Waals surface area (Å²) < 4.78 is 9.56. The first kappa shape index (κ1) is 22.6. The number of rotatable bonds is 0. The van der Waals surface area contributed by atoms with Gasteiger partial charge in [0.05, 0.1) is 12.5 Å². The summed E-state index contributed by atoms with van der Waals surface area (Å²) >= 11 is -0.611. The Morgan fingerprint density at radius 1 is 1.20 bits per heavy atom. The van der Waals surface area contributed by atoms with Gasteiger partial charge in [0.25, 0.3) is 0 Å². The third-order valence-electron chi connectivity index (χ3n) is 0. The fourth-order valence-electron chi connectivity index (χ4n) is 0. The molecule has 0 aliphatic carbocycles. The van der Waals surface area contributed by atoms with Gasteiger partial charge in [0.1, 0.15) is 0 Å². The van der Waals surface area contributed by atoms with Crippen molar-refractivity contribution in [2.24, 2.45) is 0 Å². The Morgan fingerprint density at radius 3 is 1.20 bits per heavy atom. The van der Waals surface area contributed by atoms with Crippen LogP contribution in [0.25, 0.3) is 0 Å². The second-order valence-corrected chi connectivity index (χ2v) is 2.47. The van der Waals surface area contributed by atoms with Crippen LogP contribution in [0.1, 0.15) is 0 Å². The van der Waals surface area contributed by atoms with Crippen molar-refractivity contribution in [2.45, 2.75) is 0 Å². The molecule has 0 unspecified atom stereocenters. The predicted octanol–water partition coefficient (Wildman–Crippen LogP) is -8.44. The van der Waals surface area contributed by atoms with E-state index in [1.807, 2.05) is 0 Å². The SMILES string of the molecule is C[S+](C)[O-].O=C([O-])[O-].[Na+].[Na+]. The maximum atomic E-state index is 9.56. The van der Waals surface area contributed by atoms with Gasteiger partial charge >= 0.3 is 59.1 Å². The number of carbonyl (C=O) groups is 1. The molecule has 0 amide bonds. The van der Waals surface area contributed by atoms with E-state index in [4.69, 9.17) is 15.0 Å². The van der Waals surface area contributed by atoms with Crippen LogP contribution in [0, 0.1) is 0 Å². The van der Waals surface area contributed by atoms with E-state index in [9.17, 15) is 4.55 Å². The summed E-state index contributed by atoms with van der Waals surface area (Å²) in [6.07, 6.45) is 0.944. The third kappa shape index (κ3) is 283. The number of carboxylic acid groups (broad SMARTS) is 2. The summed E-state index contributed by atoms with van der Waals surface area (Å²) in [6, 6.07) is 0. The van der Waals surface area contributed by atoms with Crippen LogP contribution in [-0.2, 0) is 11.2 Å². The van der Waals surface area contributed by atoms with Crippen molar-refractivity contribution < 1.29 is 78.7 Å². The number of hydrogen-bond acceptors (Lipinski definition) is 4. The van der Waals surface area contributed by atoms with Crippen molar-refractivity contribution in [3.8, 4) is 0 Å². The Balaban J connectivity index is -0.0000000300. The summed E-state index contributed by atoms with van der Waals surface area (Å²) in [4.78, 5) is 8.33. The van der Waals surface area contributed by atoms with Crippen LogP contribution in [0.15, 0.2) is 0 Å². The molecule has 0 spiro atoms. The molecule has 0 aromatic carbocycles. The van der Waals surface area contributed by atoms with Gasteiger partial charge in [-0.05, 0) is 6.16 Å². The van der Waals surface area contributed by atoms with E-state index in [2.05, 4.69) is 0 Å². The average molecular weight is 184 g/mol. The zero-order chi connectivity index (χ0) is 7.15. The summed E-state index contributed by atoms with van der Waals surface area (Å²) in [7, 11) is 0. The van der Waals surface area contributed by atoms with Crippen LogP contribution < -0.4 is 69.3 Å². The molecule has 10 heavy (non-hydrogen) atoms. The first-order valence-electron chi connectivity index (χ1n) is 1.60. The number of carbonyl (C=O) groups excluding carboxylic acids is 1. The van der Waals surface area contributed by atoms with Crippen LogP contribution in [0.3, 0.4) is 0 Å². The van der Waals surface area contributed by atoms with Crippen LogP contribution in [0.5, 0.6) is 0 Å². The fourth-order valence-corrected chi connectivity index (χ4v) is 0. The maximum Gasteiger partial charge on any atom is 1.00 e.